The van der Waals surface area contributed by atoms with Gasteiger partial charge in [0.2, 0.25) is 0 Å². The molecule has 0 saturated heterocycles. The monoisotopic (exact) mass is 351 g/mol. The Kier molecular flexibility index (Phi) is 7.03. The fourth-order valence-corrected chi connectivity index (χ4v) is 5.42. The van der Waals surface area contributed by atoms with Crippen LogP contribution in [0.5, 0.6) is 0 Å². The summed E-state index contributed by atoms with van der Waals surface area (Å²) in [7, 11) is 0. The maximum Gasteiger partial charge on any atom is 0.149 e. The van der Waals surface area contributed by atoms with E-state index in [1.165, 1.54) is 38.5 Å². The van der Waals surface area contributed by atoms with E-state index >= 15 is 0 Å². The van der Waals surface area contributed by atoms with Crippen LogP contribution in [0.4, 0.5) is 0 Å². The molecular formula is C21H29N5. The quantitative estimate of drug-likeness (QED) is 0.748. The standard InChI is InChI=1S/C21H29N5/c1-3-17(10-22)19(13-25)20(18(11-23)12-24)26-14-21-6-4-5-16(9-21)7-15(2)8-21/h15-20,26H,3-9,14H2,1-2H3/t15?,16?,17-,19?,20?,21?/m1/s1. The molecule has 0 aromatic heterocycles. The van der Waals surface area contributed by atoms with Crippen molar-refractivity contribution in [3.8, 4) is 24.3 Å². The Morgan fingerprint density at radius 3 is 2.38 bits per heavy atom. The van der Waals surface area contributed by atoms with E-state index in [1.807, 2.05) is 19.1 Å². The zero-order valence-electron chi connectivity index (χ0n) is 15.9. The lowest BCUT2D eigenvalue weighted by atomic mass is 9.59. The van der Waals surface area contributed by atoms with Crippen LogP contribution in [0.1, 0.15) is 58.8 Å². The largest absolute Gasteiger partial charge is 0.310 e. The molecule has 26 heavy (non-hydrogen) atoms. The summed E-state index contributed by atoms with van der Waals surface area (Å²) in [6, 6.07) is 7.90. The van der Waals surface area contributed by atoms with Crippen LogP contribution < -0.4 is 5.32 Å². The van der Waals surface area contributed by atoms with Crippen LogP contribution in [0.15, 0.2) is 0 Å². The third-order valence-corrected chi connectivity index (χ3v) is 6.48. The second-order valence-corrected chi connectivity index (χ2v) is 8.45. The first kappa shape index (κ1) is 20.2. The molecule has 5 heteroatoms. The Bertz CT molecular complexity index is 627. The first-order chi connectivity index (χ1) is 12.5. The van der Waals surface area contributed by atoms with Gasteiger partial charge in [-0.15, -0.1) is 0 Å². The maximum atomic E-state index is 9.66. The van der Waals surface area contributed by atoms with Crippen molar-refractivity contribution in [1.29, 1.82) is 21.0 Å². The first-order valence-electron chi connectivity index (χ1n) is 9.84. The fourth-order valence-electron chi connectivity index (χ4n) is 5.42. The minimum Gasteiger partial charge on any atom is -0.310 e. The fraction of sp³-hybridized carbons (Fsp3) is 0.810. The van der Waals surface area contributed by atoms with Crippen molar-refractivity contribution in [3.63, 3.8) is 0 Å². The highest BCUT2D eigenvalue weighted by molar-refractivity contribution is 5.14. The molecule has 2 fully saturated rings. The summed E-state index contributed by atoms with van der Waals surface area (Å²) in [5.74, 6) is -0.551. The lowest BCUT2D eigenvalue weighted by Gasteiger charge is -2.48. The summed E-state index contributed by atoms with van der Waals surface area (Å²) in [6.07, 6.45) is 7.93. The molecule has 0 radical (unpaired) electrons. The van der Waals surface area contributed by atoms with Gasteiger partial charge in [0, 0.05) is 6.54 Å². The Morgan fingerprint density at radius 2 is 1.81 bits per heavy atom. The lowest BCUT2D eigenvalue weighted by Crippen LogP contribution is -2.50. The zero-order valence-corrected chi connectivity index (χ0v) is 15.9. The topological polar surface area (TPSA) is 107 Å². The number of hydrogen-bond acceptors (Lipinski definition) is 5. The summed E-state index contributed by atoms with van der Waals surface area (Å²) < 4.78 is 0. The van der Waals surface area contributed by atoms with Crippen molar-refractivity contribution in [1.82, 2.24) is 5.32 Å². The molecule has 0 spiro atoms. The zero-order chi connectivity index (χ0) is 19.2. The number of hydrogen-bond donors (Lipinski definition) is 1. The van der Waals surface area contributed by atoms with Crippen LogP contribution in [0.25, 0.3) is 0 Å². The van der Waals surface area contributed by atoms with Gasteiger partial charge in [-0.05, 0) is 49.4 Å². The molecule has 1 N–H and O–H groups in total. The number of nitriles is 4. The summed E-state index contributed by atoms with van der Waals surface area (Å²) in [6.45, 7) is 4.92. The second kappa shape index (κ2) is 9.03. The molecule has 138 valence electrons. The predicted octanol–water partition coefficient (Wildman–Crippen LogP) is 3.90. The van der Waals surface area contributed by atoms with E-state index in [0.29, 0.717) is 12.3 Å². The molecule has 0 aromatic rings. The Labute approximate surface area is 157 Å². The third kappa shape index (κ3) is 4.36. The van der Waals surface area contributed by atoms with E-state index in [4.69, 9.17) is 0 Å². The average molecular weight is 351 g/mol. The van der Waals surface area contributed by atoms with E-state index in [2.05, 4.69) is 24.4 Å². The lowest BCUT2D eigenvalue weighted by molar-refractivity contribution is 0.0404. The SMILES string of the molecule is CC[C@H](C#N)C(C#N)C(NCC12CCCC(CC(C)C1)C2)C(C#N)C#N. The van der Waals surface area contributed by atoms with Gasteiger partial charge in [0.1, 0.15) is 5.92 Å². The minimum atomic E-state index is -0.918. The van der Waals surface area contributed by atoms with Gasteiger partial charge < -0.3 is 5.32 Å². The first-order valence-corrected chi connectivity index (χ1v) is 9.84. The molecule has 2 aliphatic rings. The van der Waals surface area contributed by atoms with E-state index in [0.717, 1.165) is 12.5 Å². The van der Waals surface area contributed by atoms with Gasteiger partial charge in [0.15, 0.2) is 0 Å². The highest BCUT2D eigenvalue weighted by Gasteiger charge is 2.43. The van der Waals surface area contributed by atoms with Crippen molar-refractivity contribution in [2.75, 3.05) is 6.54 Å². The molecule has 0 aliphatic heterocycles. The number of nitrogens with one attached hydrogen (secondary N) is 1. The molecule has 2 rings (SSSR count). The summed E-state index contributed by atoms with van der Waals surface area (Å²) in [5, 5.41) is 41.3. The smallest absolute Gasteiger partial charge is 0.149 e. The Balaban J connectivity index is 2.19. The number of rotatable bonds is 7. The van der Waals surface area contributed by atoms with E-state index in [-0.39, 0.29) is 5.41 Å². The molecule has 2 aliphatic carbocycles. The maximum absolute atomic E-state index is 9.66. The molecule has 0 aromatic carbocycles. The molecule has 0 amide bonds. The number of nitrogens with zero attached hydrogens (tertiary/aromatic N) is 4. The Morgan fingerprint density at radius 1 is 1.08 bits per heavy atom. The van der Waals surface area contributed by atoms with Gasteiger partial charge in [-0.1, -0.05) is 26.7 Å². The molecule has 2 bridgehead atoms. The molecule has 6 atom stereocenters. The summed E-state index contributed by atoms with van der Waals surface area (Å²) >= 11 is 0. The van der Waals surface area contributed by atoms with Crippen molar-refractivity contribution >= 4 is 0 Å². The second-order valence-electron chi connectivity index (χ2n) is 8.45. The normalized spacial score (nSPS) is 30.9. The van der Waals surface area contributed by atoms with E-state index < -0.39 is 23.8 Å². The van der Waals surface area contributed by atoms with Crippen LogP contribution in [-0.2, 0) is 0 Å². The molecule has 5 unspecified atom stereocenters. The minimum absolute atomic E-state index is 0.211. The Hall–Kier alpha value is -2.08. The predicted molar refractivity (Wildman–Crippen MR) is 97.8 cm³/mol. The molecule has 0 heterocycles. The van der Waals surface area contributed by atoms with Gasteiger partial charge in [-0.3, -0.25) is 0 Å². The van der Waals surface area contributed by atoms with Crippen molar-refractivity contribution in [3.05, 3.63) is 0 Å². The van der Waals surface area contributed by atoms with Gasteiger partial charge >= 0.3 is 0 Å². The highest BCUT2D eigenvalue weighted by Crippen LogP contribution is 2.50. The van der Waals surface area contributed by atoms with Crippen LogP contribution in [0, 0.1) is 80.3 Å². The molecular weight excluding hydrogens is 322 g/mol. The van der Waals surface area contributed by atoms with E-state index in [1.54, 1.807) is 0 Å². The average Bonchev–Trinajstić information content (AvgIpc) is 2.63. The van der Waals surface area contributed by atoms with Gasteiger partial charge in [0.25, 0.3) is 0 Å². The van der Waals surface area contributed by atoms with Crippen LogP contribution in [0.2, 0.25) is 0 Å². The van der Waals surface area contributed by atoms with Crippen molar-refractivity contribution in [2.24, 2.45) is 35.0 Å². The summed E-state index contributed by atoms with van der Waals surface area (Å²) in [5.41, 5.74) is 0.211. The number of fused-ring (bicyclic) bond motifs is 2. The van der Waals surface area contributed by atoms with E-state index in [9.17, 15) is 21.0 Å². The van der Waals surface area contributed by atoms with Gasteiger partial charge in [0.05, 0.1) is 42.2 Å². The van der Waals surface area contributed by atoms with Crippen LogP contribution in [0.3, 0.4) is 0 Å². The van der Waals surface area contributed by atoms with Crippen LogP contribution >= 0.6 is 0 Å². The third-order valence-electron chi connectivity index (χ3n) is 6.48. The van der Waals surface area contributed by atoms with Gasteiger partial charge in [-0.2, -0.15) is 21.0 Å². The van der Waals surface area contributed by atoms with Crippen LogP contribution in [-0.4, -0.2) is 12.6 Å². The molecule has 2 saturated carbocycles. The molecule has 5 nitrogen and oxygen atoms in total. The van der Waals surface area contributed by atoms with Crippen molar-refractivity contribution in [2.45, 2.75) is 64.8 Å². The van der Waals surface area contributed by atoms with Gasteiger partial charge in [-0.25, -0.2) is 0 Å². The van der Waals surface area contributed by atoms with Crippen molar-refractivity contribution < 1.29 is 0 Å². The summed E-state index contributed by atoms with van der Waals surface area (Å²) in [4.78, 5) is 0. The highest BCUT2D eigenvalue weighted by atomic mass is 14.9.